The predicted molar refractivity (Wildman–Crippen MR) is 72.2 cm³/mol. The molecule has 0 bridgehead atoms. The molecule has 1 N–H and O–H groups in total. The van der Waals surface area contributed by atoms with E-state index in [2.05, 4.69) is 55.3 Å². The van der Waals surface area contributed by atoms with E-state index in [-0.39, 0.29) is 0 Å². The first-order valence-corrected chi connectivity index (χ1v) is 6.30. The molecule has 1 rings (SSSR count). The molecule has 0 aromatic heterocycles. The van der Waals surface area contributed by atoms with Gasteiger partial charge in [0.25, 0.3) is 0 Å². The minimum Gasteiger partial charge on any atom is -0.370 e. The lowest BCUT2D eigenvalue weighted by Crippen LogP contribution is -2.32. The van der Waals surface area contributed by atoms with Gasteiger partial charge in [0.05, 0.1) is 0 Å². The van der Waals surface area contributed by atoms with Crippen LogP contribution in [0.1, 0.15) is 25.8 Å². The SMILES string of the molecule is CCCNCCN(CC)c1ccccc1C. The molecular formula is C14H24N2. The average molecular weight is 220 g/mol. The van der Waals surface area contributed by atoms with E-state index >= 15 is 0 Å². The number of likely N-dealkylation sites (N-methyl/N-ethyl adjacent to an activating group) is 1. The summed E-state index contributed by atoms with van der Waals surface area (Å²) in [6.45, 7) is 10.9. The van der Waals surface area contributed by atoms with Gasteiger partial charge in [-0.3, -0.25) is 0 Å². The zero-order chi connectivity index (χ0) is 11.8. The van der Waals surface area contributed by atoms with Crippen LogP contribution in [0.4, 0.5) is 5.69 Å². The van der Waals surface area contributed by atoms with Crippen LogP contribution in [-0.4, -0.2) is 26.2 Å². The fourth-order valence-electron chi connectivity index (χ4n) is 1.88. The van der Waals surface area contributed by atoms with Crippen LogP contribution in [0.15, 0.2) is 24.3 Å². The lowest BCUT2D eigenvalue weighted by molar-refractivity contribution is 0.654. The van der Waals surface area contributed by atoms with Gasteiger partial charge in [-0.1, -0.05) is 25.1 Å². The van der Waals surface area contributed by atoms with Crippen molar-refractivity contribution in [1.29, 1.82) is 0 Å². The Balaban J connectivity index is 2.51. The van der Waals surface area contributed by atoms with Gasteiger partial charge in [0.15, 0.2) is 0 Å². The molecule has 0 fully saturated rings. The number of nitrogens with zero attached hydrogens (tertiary/aromatic N) is 1. The molecule has 2 nitrogen and oxygen atoms in total. The molecule has 1 aromatic rings. The molecule has 0 spiro atoms. The van der Waals surface area contributed by atoms with E-state index in [0.29, 0.717) is 0 Å². The molecule has 0 saturated heterocycles. The summed E-state index contributed by atoms with van der Waals surface area (Å²) in [4.78, 5) is 2.43. The smallest absolute Gasteiger partial charge is 0.0396 e. The van der Waals surface area contributed by atoms with Gasteiger partial charge in [0, 0.05) is 25.3 Å². The molecule has 0 aliphatic rings. The van der Waals surface area contributed by atoms with Crippen LogP contribution >= 0.6 is 0 Å². The molecule has 0 aliphatic heterocycles. The van der Waals surface area contributed by atoms with Gasteiger partial charge >= 0.3 is 0 Å². The minimum absolute atomic E-state index is 1.07. The van der Waals surface area contributed by atoms with Gasteiger partial charge in [-0.05, 0) is 38.4 Å². The quantitative estimate of drug-likeness (QED) is 0.711. The number of para-hydroxylation sites is 1. The highest BCUT2D eigenvalue weighted by Gasteiger charge is 2.05. The monoisotopic (exact) mass is 220 g/mol. The first-order chi connectivity index (χ1) is 7.79. The van der Waals surface area contributed by atoms with Crippen LogP contribution in [0.25, 0.3) is 0 Å². The molecule has 0 amide bonds. The highest BCUT2D eigenvalue weighted by atomic mass is 15.1. The van der Waals surface area contributed by atoms with Crippen LogP contribution in [0.3, 0.4) is 0 Å². The third-order valence-electron chi connectivity index (χ3n) is 2.82. The Bertz CT molecular complexity index is 297. The average Bonchev–Trinajstić information content (AvgIpc) is 2.31. The molecule has 0 saturated carbocycles. The molecule has 16 heavy (non-hydrogen) atoms. The summed E-state index contributed by atoms with van der Waals surface area (Å²) in [5, 5.41) is 3.45. The molecule has 0 atom stereocenters. The normalized spacial score (nSPS) is 10.4. The summed E-state index contributed by atoms with van der Waals surface area (Å²) in [6.07, 6.45) is 1.20. The van der Waals surface area contributed by atoms with Crippen LogP contribution in [0.5, 0.6) is 0 Å². The van der Waals surface area contributed by atoms with Crippen molar-refractivity contribution in [2.24, 2.45) is 0 Å². The van der Waals surface area contributed by atoms with E-state index in [1.165, 1.54) is 17.7 Å². The van der Waals surface area contributed by atoms with E-state index in [9.17, 15) is 0 Å². The summed E-state index contributed by atoms with van der Waals surface area (Å²) in [5.41, 5.74) is 2.73. The Hall–Kier alpha value is -1.02. The maximum atomic E-state index is 3.45. The molecule has 0 unspecified atom stereocenters. The molecule has 0 aliphatic carbocycles. The Labute approximate surface area is 99.7 Å². The first kappa shape index (κ1) is 13.0. The number of anilines is 1. The van der Waals surface area contributed by atoms with Gasteiger partial charge in [0.1, 0.15) is 0 Å². The van der Waals surface area contributed by atoms with E-state index in [1.54, 1.807) is 0 Å². The standard InChI is InChI=1S/C14H24N2/c1-4-10-15-11-12-16(5-2)14-9-7-6-8-13(14)3/h6-9,15H,4-5,10-12H2,1-3H3. The molecule has 0 heterocycles. The Morgan fingerprint density at radius 1 is 1.12 bits per heavy atom. The number of nitrogens with one attached hydrogen (secondary N) is 1. The van der Waals surface area contributed by atoms with E-state index < -0.39 is 0 Å². The Kier molecular flexibility index (Phi) is 5.94. The molecule has 90 valence electrons. The van der Waals surface area contributed by atoms with E-state index in [1.807, 2.05) is 0 Å². The Morgan fingerprint density at radius 3 is 2.50 bits per heavy atom. The van der Waals surface area contributed by atoms with Crippen LogP contribution in [0, 0.1) is 6.92 Å². The number of hydrogen-bond donors (Lipinski definition) is 1. The minimum atomic E-state index is 1.07. The largest absolute Gasteiger partial charge is 0.370 e. The lowest BCUT2D eigenvalue weighted by atomic mass is 10.2. The summed E-state index contributed by atoms with van der Waals surface area (Å²) >= 11 is 0. The second kappa shape index (κ2) is 7.29. The van der Waals surface area contributed by atoms with Crippen molar-refractivity contribution in [3.8, 4) is 0 Å². The number of rotatable bonds is 7. The number of aryl methyl sites for hydroxylation is 1. The zero-order valence-corrected chi connectivity index (χ0v) is 10.8. The molecule has 2 heteroatoms. The van der Waals surface area contributed by atoms with Crippen molar-refractivity contribution < 1.29 is 0 Å². The van der Waals surface area contributed by atoms with Crippen LogP contribution < -0.4 is 10.2 Å². The third-order valence-corrected chi connectivity index (χ3v) is 2.82. The molecule has 1 aromatic carbocycles. The first-order valence-electron chi connectivity index (χ1n) is 6.30. The van der Waals surface area contributed by atoms with Gasteiger partial charge in [-0.25, -0.2) is 0 Å². The summed E-state index contributed by atoms with van der Waals surface area (Å²) in [5.74, 6) is 0. The fourth-order valence-corrected chi connectivity index (χ4v) is 1.88. The maximum Gasteiger partial charge on any atom is 0.0396 e. The highest BCUT2D eigenvalue weighted by Crippen LogP contribution is 2.18. The lowest BCUT2D eigenvalue weighted by Gasteiger charge is -2.25. The topological polar surface area (TPSA) is 15.3 Å². The third kappa shape index (κ3) is 3.86. The zero-order valence-electron chi connectivity index (χ0n) is 10.8. The highest BCUT2D eigenvalue weighted by molar-refractivity contribution is 5.52. The van der Waals surface area contributed by atoms with E-state index in [4.69, 9.17) is 0 Å². The summed E-state index contributed by atoms with van der Waals surface area (Å²) in [6, 6.07) is 8.60. The van der Waals surface area contributed by atoms with Gasteiger partial charge in [0.2, 0.25) is 0 Å². The van der Waals surface area contributed by atoms with Gasteiger partial charge in [-0.2, -0.15) is 0 Å². The van der Waals surface area contributed by atoms with Crippen molar-refractivity contribution in [1.82, 2.24) is 5.32 Å². The summed E-state index contributed by atoms with van der Waals surface area (Å²) in [7, 11) is 0. The van der Waals surface area contributed by atoms with E-state index in [0.717, 1.165) is 26.2 Å². The second-order valence-corrected chi connectivity index (χ2v) is 4.12. The van der Waals surface area contributed by atoms with Gasteiger partial charge < -0.3 is 10.2 Å². The molecule has 0 radical (unpaired) electrons. The van der Waals surface area contributed by atoms with Gasteiger partial charge in [-0.15, -0.1) is 0 Å². The van der Waals surface area contributed by atoms with Crippen molar-refractivity contribution in [3.63, 3.8) is 0 Å². The Morgan fingerprint density at radius 2 is 1.88 bits per heavy atom. The second-order valence-electron chi connectivity index (χ2n) is 4.12. The number of benzene rings is 1. The maximum absolute atomic E-state index is 3.45. The van der Waals surface area contributed by atoms with Crippen molar-refractivity contribution in [2.45, 2.75) is 27.2 Å². The van der Waals surface area contributed by atoms with Crippen molar-refractivity contribution >= 4 is 5.69 Å². The van der Waals surface area contributed by atoms with Crippen molar-refractivity contribution in [2.75, 3.05) is 31.1 Å². The summed E-state index contributed by atoms with van der Waals surface area (Å²) < 4.78 is 0. The number of hydrogen-bond acceptors (Lipinski definition) is 2. The molecular weight excluding hydrogens is 196 g/mol. The van der Waals surface area contributed by atoms with Crippen molar-refractivity contribution in [3.05, 3.63) is 29.8 Å². The van der Waals surface area contributed by atoms with Crippen LogP contribution in [0.2, 0.25) is 0 Å². The fraction of sp³-hybridized carbons (Fsp3) is 0.571. The predicted octanol–water partition coefficient (Wildman–Crippen LogP) is 2.82. The van der Waals surface area contributed by atoms with Crippen LogP contribution in [-0.2, 0) is 0 Å².